The molecule has 1 aliphatic carbocycles. The van der Waals surface area contributed by atoms with Crippen LogP contribution in [-0.2, 0) is 25.5 Å². The zero-order valence-electron chi connectivity index (χ0n) is 21.0. The third kappa shape index (κ3) is 9.06. The van der Waals surface area contributed by atoms with Crippen molar-refractivity contribution in [1.82, 2.24) is 10.2 Å². The van der Waals surface area contributed by atoms with E-state index in [1.54, 1.807) is 32.7 Å². The van der Waals surface area contributed by atoms with Crippen molar-refractivity contribution in [1.29, 1.82) is 0 Å². The summed E-state index contributed by atoms with van der Waals surface area (Å²) in [6.45, 7) is 9.16. The van der Waals surface area contributed by atoms with Crippen LogP contribution in [0.5, 0.6) is 0 Å². The van der Waals surface area contributed by atoms with Gasteiger partial charge in [-0.05, 0) is 72.3 Å². The Hall–Kier alpha value is -2.57. The number of benzene rings is 1. The minimum Gasteiger partial charge on any atom is -0.462 e. The lowest BCUT2D eigenvalue weighted by Gasteiger charge is -2.38. The molecule has 7 heteroatoms. The first-order valence-corrected chi connectivity index (χ1v) is 11.9. The Balaban J connectivity index is 2.12. The number of alkyl carbamates (subject to hydrolysis) is 1. The molecule has 0 spiro atoms. The second kappa shape index (κ2) is 11.5. The van der Waals surface area contributed by atoms with Gasteiger partial charge in [-0.15, -0.1) is 0 Å². The molecule has 1 aromatic rings. The highest BCUT2D eigenvalue weighted by atomic mass is 16.6. The first kappa shape index (κ1) is 26.7. The number of rotatable bonds is 8. The molecule has 1 unspecified atom stereocenters. The van der Waals surface area contributed by atoms with Gasteiger partial charge in [-0.1, -0.05) is 36.8 Å². The lowest BCUT2D eigenvalue weighted by atomic mass is 9.92. The SMILES string of the molecule is CN(C(=O)C(CC(=O)OC1CCCCC1)NC(=O)OC(C)(C)C)C(C)(C)Cc1ccccc1. The van der Waals surface area contributed by atoms with Crippen molar-refractivity contribution in [3.63, 3.8) is 0 Å². The Morgan fingerprint density at radius 2 is 1.64 bits per heavy atom. The lowest BCUT2D eigenvalue weighted by Crippen LogP contribution is -2.55. The molecule has 0 radical (unpaired) electrons. The Morgan fingerprint density at radius 3 is 2.21 bits per heavy atom. The molecule has 1 N–H and O–H groups in total. The molecule has 2 amide bonds. The normalized spacial score (nSPS) is 15.9. The largest absolute Gasteiger partial charge is 0.462 e. The summed E-state index contributed by atoms with van der Waals surface area (Å²) in [5.41, 5.74) is -0.172. The molecule has 1 atom stereocenters. The van der Waals surface area contributed by atoms with Crippen molar-refractivity contribution in [2.45, 2.75) is 103 Å². The van der Waals surface area contributed by atoms with E-state index in [2.05, 4.69) is 5.32 Å². The second-order valence-corrected chi connectivity index (χ2v) is 10.5. The fourth-order valence-corrected chi connectivity index (χ4v) is 3.98. The van der Waals surface area contributed by atoms with Crippen molar-refractivity contribution >= 4 is 18.0 Å². The molecule has 0 aromatic heterocycles. The maximum Gasteiger partial charge on any atom is 0.408 e. The Morgan fingerprint density at radius 1 is 1.03 bits per heavy atom. The van der Waals surface area contributed by atoms with E-state index >= 15 is 0 Å². The van der Waals surface area contributed by atoms with Gasteiger partial charge in [0.1, 0.15) is 17.7 Å². The predicted octanol–water partition coefficient (Wildman–Crippen LogP) is 4.63. The zero-order chi connectivity index (χ0) is 24.6. The number of carbonyl (C=O) groups excluding carboxylic acids is 3. The summed E-state index contributed by atoms with van der Waals surface area (Å²) >= 11 is 0. The van der Waals surface area contributed by atoms with Gasteiger partial charge in [0.25, 0.3) is 0 Å². The lowest BCUT2D eigenvalue weighted by molar-refractivity contribution is -0.154. The zero-order valence-corrected chi connectivity index (χ0v) is 21.0. The molecule has 1 saturated carbocycles. The molecule has 0 saturated heterocycles. The molecular formula is C26H40N2O5. The molecule has 1 aliphatic rings. The minimum absolute atomic E-state index is 0.115. The fraction of sp³-hybridized carbons (Fsp3) is 0.654. The van der Waals surface area contributed by atoms with Gasteiger partial charge in [-0.2, -0.15) is 0 Å². The van der Waals surface area contributed by atoms with Crippen molar-refractivity contribution in [2.24, 2.45) is 0 Å². The molecule has 1 fully saturated rings. The monoisotopic (exact) mass is 460 g/mol. The average molecular weight is 461 g/mol. The maximum atomic E-state index is 13.5. The maximum absolute atomic E-state index is 13.5. The van der Waals surface area contributed by atoms with Crippen LogP contribution >= 0.6 is 0 Å². The smallest absolute Gasteiger partial charge is 0.408 e. The predicted molar refractivity (Wildman–Crippen MR) is 128 cm³/mol. The number of carbonyl (C=O) groups is 3. The Kier molecular flexibility index (Phi) is 9.32. The fourth-order valence-electron chi connectivity index (χ4n) is 3.98. The number of amides is 2. The van der Waals surface area contributed by atoms with Gasteiger partial charge in [0.2, 0.25) is 5.91 Å². The molecule has 2 rings (SSSR count). The van der Waals surface area contributed by atoms with E-state index < -0.39 is 29.2 Å². The number of nitrogens with one attached hydrogen (secondary N) is 1. The van der Waals surface area contributed by atoms with Crippen LogP contribution < -0.4 is 5.32 Å². The number of likely N-dealkylation sites (N-methyl/N-ethyl adjacent to an activating group) is 1. The summed E-state index contributed by atoms with van der Waals surface area (Å²) in [5, 5.41) is 2.61. The van der Waals surface area contributed by atoms with Crippen molar-refractivity contribution < 1.29 is 23.9 Å². The van der Waals surface area contributed by atoms with Crippen LogP contribution in [0.15, 0.2) is 30.3 Å². The van der Waals surface area contributed by atoms with Crippen molar-refractivity contribution in [3.8, 4) is 0 Å². The van der Waals surface area contributed by atoms with E-state index in [1.807, 2.05) is 44.2 Å². The third-order valence-corrected chi connectivity index (χ3v) is 5.93. The van der Waals surface area contributed by atoms with Gasteiger partial charge in [0.05, 0.1) is 6.42 Å². The number of hydrogen-bond donors (Lipinski definition) is 1. The van der Waals surface area contributed by atoms with E-state index in [9.17, 15) is 14.4 Å². The first-order chi connectivity index (χ1) is 15.4. The summed E-state index contributed by atoms with van der Waals surface area (Å²) in [4.78, 5) is 40.2. The van der Waals surface area contributed by atoms with Crippen molar-refractivity contribution in [2.75, 3.05) is 7.05 Å². The van der Waals surface area contributed by atoms with Gasteiger partial charge in [0.15, 0.2) is 0 Å². The van der Waals surface area contributed by atoms with Gasteiger partial charge < -0.3 is 19.7 Å². The van der Waals surface area contributed by atoms with Gasteiger partial charge in [-0.3, -0.25) is 9.59 Å². The van der Waals surface area contributed by atoms with Crippen molar-refractivity contribution in [3.05, 3.63) is 35.9 Å². The van der Waals surface area contributed by atoms with Crippen LogP contribution in [0.3, 0.4) is 0 Å². The number of ether oxygens (including phenoxy) is 2. The van der Waals surface area contributed by atoms with E-state index in [0.29, 0.717) is 6.42 Å². The molecule has 1 aromatic carbocycles. The highest BCUT2D eigenvalue weighted by Crippen LogP contribution is 2.23. The van der Waals surface area contributed by atoms with Gasteiger partial charge >= 0.3 is 12.1 Å². The van der Waals surface area contributed by atoms with Crippen LogP contribution in [0.25, 0.3) is 0 Å². The molecule has 7 nitrogen and oxygen atoms in total. The summed E-state index contributed by atoms with van der Waals surface area (Å²) in [6.07, 6.45) is 4.44. The highest BCUT2D eigenvalue weighted by molar-refractivity contribution is 5.90. The van der Waals surface area contributed by atoms with Gasteiger partial charge in [0, 0.05) is 12.6 Å². The topological polar surface area (TPSA) is 84.9 Å². The molecule has 33 heavy (non-hydrogen) atoms. The van der Waals surface area contributed by atoms with E-state index in [4.69, 9.17) is 9.47 Å². The van der Waals surface area contributed by atoms with Crippen LogP contribution in [-0.4, -0.2) is 53.2 Å². The number of hydrogen-bond acceptors (Lipinski definition) is 5. The summed E-state index contributed by atoms with van der Waals surface area (Å²) in [7, 11) is 1.70. The molecule has 0 bridgehead atoms. The van der Waals surface area contributed by atoms with Crippen LogP contribution in [0, 0.1) is 0 Å². The highest BCUT2D eigenvalue weighted by Gasteiger charge is 2.35. The van der Waals surface area contributed by atoms with Crippen LogP contribution in [0.1, 0.15) is 78.7 Å². The third-order valence-electron chi connectivity index (χ3n) is 5.93. The Labute approximate surface area is 198 Å². The molecule has 0 heterocycles. The quantitative estimate of drug-likeness (QED) is 0.572. The van der Waals surface area contributed by atoms with Gasteiger partial charge in [-0.25, -0.2) is 4.79 Å². The van der Waals surface area contributed by atoms with E-state index in [1.165, 1.54) is 0 Å². The average Bonchev–Trinajstić information content (AvgIpc) is 2.72. The number of esters is 1. The molecular weight excluding hydrogens is 420 g/mol. The summed E-state index contributed by atoms with van der Waals surface area (Å²) < 4.78 is 11.0. The second-order valence-electron chi connectivity index (χ2n) is 10.5. The standard InChI is InChI=1S/C26H40N2O5/c1-25(2,3)33-24(31)27-21(17-22(29)32-20-15-11-8-12-16-20)23(30)28(6)26(4,5)18-19-13-9-7-10-14-19/h7,9-10,13-14,20-21H,8,11-12,15-18H2,1-6H3,(H,27,31). The van der Waals surface area contributed by atoms with Crippen LogP contribution in [0.2, 0.25) is 0 Å². The minimum atomic E-state index is -1.07. The van der Waals surface area contributed by atoms with Crippen LogP contribution in [0.4, 0.5) is 4.79 Å². The number of nitrogens with zero attached hydrogens (tertiary/aromatic N) is 1. The summed E-state index contributed by atoms with van der Waals surface area (Å²) in [5.74, 6) is -0.840. The van der Waals surface area contributed by atoms with E-state index in [-0.39, 0.29) is 18.4 Å². The molecule has 0 aliphatic heterocycles. The first-order valence-electron chi connectivity index (χ1n) is 11.9. The Bertz CT molecular complexity index is 795. The summed E-state index contributed by atoms with van der Waals surface area (Å²) in [6, 6.07) is 8.82. The molecule has 184 valence electrons. The van der Waals surface area contributed by atoms with E-state index in [0.717, 1.165) is 37.7 Å².